The van der Waals surface area contributed by atoms with E-state index >= 15 is 0 Å². The molecule has 0 aromatic rings. The van der Waals surface area contributed by atoms with Crippen molar-refractivity contribution in [3.8, 4) is 0 Å². The maximum Gasteiger partial charge on any atom is 0.165 e. The van der Waals surface area contributed by atoms with Crippen LogP contribution < -0.4 is 0 Å². The summed E-state index contributed by atoms with van der Waals surface area (Å²) in [6.07, 6.45) is 4.93. The van der Waals surface area contributed by atoms with Crippen molar-refractivity contribution in [3.63, 3.8) is 0 Å². The fraction of sp³-hybridized carbons (Fsp3) is 0.778. The molecular formula is C9H15ClO2. The van der Waals surface area contributed by atoms with Crippen LogP contribution in [0.5, 0.6) is 0 Å². The first-order valence-electron chi connectivity index (χ1n) is 4.30. The molecule has 0 saturated carbocycles. The van der Waals surface area contributed by atoms with Crippen molar-refractivity contribution in [2.24, 2.45) is 0 Å². The summed E-state index contributed by atoms with van der Waals surface area (Å²) in [7, 11) is 0. The molecule has 0 amide bonds. The zero-order valence-electron chi connectivity index (χ0n) is 7.38. The molecule has 0 spiro atoms. The number of rotatable bonds is 4. The molecule has 1 fully saturated rings. The molecule has 0 aliphatic carbocycles. The smallest absolute Gasteiger partial charge is 0.165 e. The predicted molar refractivity (Wildman–Crippen MR) is 49.2 cm³/mol. The van der Waals surface area contributed by atoms with Crippen LogP contribution in [0.25, 0.3) is 0 Å². The Morgan fingerprint density at radius 2 is 2.08 bits per heavy atom. The summed E-state index contributed by atoms with van der Waals surface area (Å²) in [6.45, 7) is 3.44. The van der Waals surface area contributed by atoms with E-state index in [4.69, 9.17) is 21.1 Å². The van der Waals surface area contributed by atoms with E-state index < -0.39 is 0 Å². The molecule has 1 aliphatic heterocycles. The molecular weight excluding hydrogens is 176 g/mol. The van der Waals surface area contributed by atoms with Gasteiger partial charge in [-0.15, -0.1) is 0 Å². The Balaban J connectivity index is 2.12. The predicted octanol–water partition coefficient (Wildman–Crippen LogP) is 2.67. The molecule has 0 unspecified atom stereocenters. The number of halogens is 1. The van der Waals surface area contributed by atoms with E-state index in [2.05, 4.69) is 0 Å². The Labute approximate surface area is 78.5 Å². The Morgan fingerprint density at radius 3 is 2.67 bits per heavy atom. The minimum Gasteiger partial charge on any atom is -0.348 e. The van der Waals surface area contributed by atoms with E-state index in [0.29, 0.717) is 0 Å². The first-order chi connectivity index (χ1) is 5.77. The third-order valence-electron chi connectivity index (χ3n) is 1.99. The van der Waals surface area contributed by atoms with Crippen LogP contribution in [0.1, 0.15) is 26.2 Å². The quantitative estimate of drug-likeness (QED) is 0.635. The van der Waals surface area contributed by atoms with Gasteiger partial charge >= 0.3 is 0 Å². The van der Waals surface area contributed by atoms with Gasteiger partial charge in [0.05, 0.1) is 13.2 Å². The molecule has 0 bridgehead atoms. The summed E-state index contributed by atoms with van der Waals surface area (Å²) < 4.78 is 10.9. The van der Waals surface area contributed by atoms with Gasteiger partial charge in [-0.05, 0) is 19.8 Å². The Hall–Kier alpha value is -0.0500. The maximum atomic E-state index is 5.44. The number of allylic oxidation sites excluding steroid dienone is 1. The number of unbranched alkanes of at least 4 members (excludes halogenated alkanes) is 1. The highest BCUT2D eigenvalue weighted by atomic mass is 35.5. The Kier molecular flexibility index (Phi) is 4.06. The van der Waals surface area contributed by atoms with Gasteiger partial charge in [0.25, 0.3) is 0 Å². The molecule has 0 N–H and O–H groups in total. The zero-order valence-corrected chi connectivity index (χ0v) is 8.14. The standard InChI is InChI=1S/C9H15ClO2/c1-9(11-7-8-12-9)5-3-2-4-6-10/h4,6H,2-3,5,7-8H2,1H3/b6-4+. The summed E-state index contributed by atoms with van der Waals surface area (Å²) in [6, 6.07) is 0. The lowest BCUT2D eigenvalue weighted by Crippen LogP contribution is -2.24. The van der Waals surface area contributed by atoms with Gasteiger partial charge < -0.3 is 9.47 Å². The van der Waals surface area contributed by atoms with Crippen molar-refractivity contribution in [3.05, 3.63) is 11.6 Å². The molecule has 1 rings (SSSR count). The highest BCUT2D eigenvalue weighted by molar-refractivity contribution is 6.25. The monoisotopic (exact) mass is 190 g/mol. The van der Waals surface area contributed by atoms with Crippen LogP contribution in [0.15, 0.2) is 11.6 Å². The van der Waals surface area contributed by atoms with Crippen LogP contribution in [0.2, 0.25) is 0 Å². The molecule has 12 heavy (non-hydrogen) atoms. The van der Waals surface area contributed by atoms with Crippen molar-refractivity contribution < 1.29 is 9.47 Å². The van der Waals surface area contributed by atoms with Gasteiger partial charge in [0.15, 0.2) is 5.79 Å². The highest BCUT2D eigenvalue weighted by Gasteiger charge is 2.29. The van der Waals surface area contributed by atoms with E-state index in [1.165, 1.54) is 0 Å². The largest absolute Gasteiger partial charge is 0.348 e. The topological polar surface area (TPSA) is 18.5 Å². The van der Waals surface area contributed by atoms with Crippen LogP contribution in [0, 0.1) is 0 Å². The summed E-state index contributed by atoms with van der Waals surface area (Å²) >= 11 is 5.39. The van der Waals surface area contributed by atoms with Gasteiger partial charge in [-0.25, -0.2) is 0 Å². The van der Waals surface area contributed by atoms with Crippen molar-refractivity contribution in [1.82, 2.24) is 0 Å². The summed E-state index contributed by atoms with van der Waals surface area (Å²) in [5.41, 5.74) is 1.55. The number of hydrogen-bond acceptors (Lipinski definition) is 2. The second-order valence-corrected chi connectivity index (χ2v) is 3.34. The van der Waals surface area contributed by atoms with Crippen LogP contribution in [0.3, 0.4) is 0 Å². The van der Waals surface area contributed by atoms with Crippen molar-refractivity contribution >= 4 is 11.6 Å². The van der Waals surface area contributed by atoms with E-state index in [-0.39, 0.29) is 5.79 Å². The molecule has 1 saturated heterocycles. The minimum absolute atomic E-state index is 0.333. The van der Waals surface area contributed by atoms with Crippen molar-refractivity contribution in [2.75, 3.05) is 13.2 Å². The van der Waals surface area contributed by atoms with E-state index in [0.717, 1.165) is 32.5 Å². The molecule has 2 nitrogen and oxygen atoms in total. The molecule has 3 heteroatoms. The number of hydrogen-bond donors (Lipinski definition) is 0. The van der Waals surface area contributed by atoms with E-state index in [1.54, 1.807) is 5.54 Å². The van der Waals surface area contributed by atoms with Crippen LogP contribution >= 0.6 is 11.6 Å². The first-order valence-corrected chi connectivity index (χ1v) is 4.74. The first kappa shape index (κ1) is 10.0. The molecule has 70 valence electrons. The number of ether oxygens (including phenoxy) is 2. The third kappa shape index (κ3) is 3.13. The second-order valence-electron chi connectivity index (χ2n) is 3.08. The summed E-state index contributed by atoms with van der Waals surface area (Å²) in [5.74, 6) is -0.333. The second kappa shape index (κ2) is 4.85. The molecule has 0 aromatic heterocycles. The molecule has 1 heterocycles. The molecule has 0 radical (unpaired) electrons. The van der Waals surface area contributed by atoms with Gasteiger partial charge in [-0.1, -0.05) is 17.7 Å². The lowest BCUT2D eigenvalue weighted by atomic mass is 10.1. The van der Waals surface area contributed by atoms with Gasteiger partial charge in [-0.3, -0.25) is 0 Å². The van der Waals surface area contributed by atoms with Crippen LogP contribution in [-0.2, 0) is 9.47 Å². The van der Waals surface area contributed by atoms with Gasteiger partial charge in [-0.2, -0.15) is 0 Å². The highest BCUT2D eigenvalue weighted by Crippen LogP contribution is 2.24. The van der Waals surface area contributed by atoms with E-state index in [9.17, 15) is 0 Å². The summed E-state index contributed by atoms with van der Waals surface area (Å²) in [4.78, 5) is 0. The molecule has 0 aromatic carbocycles. The third-order valence-corrected chi connectivity index (χ3v) is 2.17. The Morgan fingerprint density at radius 1 is 1.42 bits per heavy atom. The van der Waals surface area contributed by atoms with E-state index in [1.807, 2.05) is 13.0 Å². The lowest BCUT2D eigenvalue weighted by Gasteiger charge is -2.21. The van der Waals surface area contributed by atoms with Gasteiger partial charge in [0, 0.05) is 12.0 Å². The van der Waals surface area contributed by atoms with Gasteiger partial charge in [0.1, 0.15) is 0 Å². The Bertz CT molecular complexity index is 151. The summed E-state index contributed by atoms with van der Waals surface area (Å²) in [5, 5.41) is 0. The minimum atomic E-state index is -0.333. The average molecular weight is 191 g/mol. The fourth-order valence-corrected chi connectivity index (χ4v) is 1.43. The normalized spacial score (nSPS) is 22.2. The van der Waals surface area contributed by atoms with Crippen molar-refractivity contribution in [2.45, 2.75) is 32.0 Å². The lowest BCUT2D eigenvalue weighted by molar-refractivity contribution is -0.147. The van der Waals surface area contributed by atoms with Crippen LogP contribution in [0.4, 0.5) is 0 Å². The SMILES string of the molecule is CC1(CCC/C=C/Cl)OCCO1. The average Bonchev–Trinajstić information content (AvgIpc) is 2.47. The fourth-order valence-electron chi connectivity index (χ4n) is 1.31. The van der Waals surface area contributed by atoms with Gasteiger partial charge in [0.2, 0.25) is 0 Å². The zero-order chi connectivity index (χ0) is 8.86. The molecule has 1 aliphatic rings. The maximum absolute atomic E-state index is 5.44. The van der Waals surface area contributed by atoms with Crippen molar-refractivity contribution in [1.29, 1.82) is 0 Å². The molecule has 0 atom stereocenters. The van der Waals surface area contributed by atoms with Crippen LogP contribution in [-0.4, -0.2) is 19.0 Å².